The Morgan fingerprint density at radius 1 is 1.43 bits per heavy atom. The van der Waals surface area contributed by atoms with Crippen molar-refractivity contribution in [2.75, 3.05) is 17.7 Å². The third-order valence-corrected chi connectivity index (χ3v) is 4.08. The second-order valence-corrected chi connectivity index (χ2v) is 6.89. The van der Waals surface area contributed by atoms with Crippen LogP contribution in [0.1, 0.15) is 20.3 Å². The Labute approximate surface area is 123 Å². The van der Waals surface area contributed by atoms with E-state index in [0.29, 0.717) is 12.2 Å². The van der Waals surface area contributed by atoms with Gasteiger partial charge in [-0.2, -0.15) is 5.26 Å². The predicted molar refractivity (Wildman–Crippen MR) is 78.9 cm³/mol. The van der Waals surface area contributed by atoms with Crippen molar-refractivity contribution in [1.29, 1.82) is 5.26 Å². The lowest BCUT2D eigenvalue weighted by Crippen LogP contribution is -2.32. The van der Waals surface area contributed by atoms with Gasteiger partial charge in [0.25, 0.3) is 5.69 Å². The van der Waals surface area contributed by atoms with Crippen molar-refractivity contribution in [2.45, 2.75) is 31.2 Å². The van der Waals surface area contributed by atoms with Crippen molar-refractivity contribution < 1.29 is 13.3 Å². The van der Waals surface area contributed by atoms with Gasteiger partial charge in [0.05, 0.1) is 22.3 Å². The van der Waals surface area contributed by atoms with Crippen LogP contribution < -0.4 is 4.90 Å². The number of nitriles is 1. The number of hydrogen-bond donors (Lipinski definition) is 0. The Bertz CT molecular complexity index is 677. The zero-order valence-electron chi connectivity index (χ0n) is 12.1. The first-order valence-electron chi connectivity index (χ1n) is 6.30. The molecular formula is C13H17N3O4S. The van der Waals surface area contributed by atoms with Gasteiger partial charge in [-0.25, -0.2) is 8.42 Å². The van der Waals surface area contributed by atoms with Crippen LogP contribution >= 0.6 is 0 Å². The average molecular weight is 311 g/mol. The van der Waals surface area contributed by atoms with Gasteiger partial charge in [-0.15, -0.1) is 0 Å². The maximum atomic E-state index is 11.5. The molecule has 0 amide bonds. The minimum absolute atomic E-state index is 0.0545. The molecule has 0 heterocycles. The van der Waals surface area contributed by atoms with E-state index in [-0.39, 0.29) is 23.0 Å². The molecule has 0 aliphatic carbocycles. The lowest BCUT2D eigenvalue weighted by molar-refractivity contribution is -0.384. The Morgan fingerprint density at radius 2 is 2.05 bits per heavy atom. The fraction of sp³-hybridized carbons (Fsp3) is 0.462. The van der Waals surface area contributed by atoms with Gasteiger partial charge in [-0.05, 0) is 26.0 Å². The molecule has 0 spiro atoms. The van der Waals surface area contributed by atoms with Gasteiger partial charge in [-0.3, -0.25) is 10.1 Å². The first-order chi connectivity index (χ1) is 9.68. The number of anilines is 1. The molecule has 0 fully saturated rings. The fourth-order valence-corrected chi connectivity index (χ4v) is 2.59. The Hall–Kier alpha value is -2.14. The highest BCUT2D eigenvalue weighted by atomic mass is 32.2. The third-order valence-electron chi connectivity index (χ3n) is 2.97. The van der Waals surface area contributed by atoms with Crippen LogP contribution in [-0.2, 0) is 9.84 Å². The van der Waals surface area contributed by atoms with Crippen molar-refractivity contribution in [3.8, 4) is 6.07 Å². The van der Waals surface area contributed by atoms with E-state index in [1.54, 1.807) is 4.90 Å². The van der Waals surface area contributed by atoms with E-state index in [1.807, 2.05) is 19.9 Å². The SMILES string of the molecule is CC(C)N(CCC#N)c1ccc(S(C)(=O)=O)cc1[N+](=O)[O-]. The summed E-state index contributed by atoms with van der Waals surface area (Å²) in [4.78, 5) is 12.2. The van der Waals surface area contributed by atoms with Gasteiger partial charge in [0.15, 0.2) is 9.84 Å². The first-order valence-corrected chi connectivity index (χ1v) is 8.19. The largest absolute Gasteiger partial charge is 0.363 e. The monoisotopic (exact) mass is 311 g/mol. The maximum Gasteiger partial charge on any atom is 0.293 e. The Morgan fingerprint density at radius 3 is 2.48 bits per heavy atom. The molecule has 0 aliphatic rings. The van der Waals surface area contributed by atoms with E-state index in [4.69, 9.17) is 5.26 Å². The molecule has 0 saturated carbocycles. The number of nitro groups is 1. The lowest BCUT2D eigenvalue weighted by Gasteiger charge is -2.27. The Kier molecular flexibility index (Phi) is 5.27. The van der Waals surface area contributed by atoms with Gasteiger partial charge >= 0.3 is 0 Å². The third kappa shape index (κ3) is 4.16. The van der Waals surface area contributed by atoms with Crippen LogP contribution in [0, 0.1) is 21.4 Å². The quantitative estimate of drug-likeness (QED) is 0.588. The number of rotatable bonds is 6. The number of hydrogen-bond acceptors (Lipinski definition) is 6. The average Bonchev–Trinajstić information content (AvgIpc) is 2.37. The van der Waals surface area contributed by atoms with Gasteiger partial charge in [0.2, 0.25) is 0 Å². The standard InChI is InChI=1S/C13H17N3O4S/c1-10(2)15(8-4-7-14)12-6-5-11(21(3,19)20)9-13(12)16(17)18/h5-6,9-10H,4,8H2,1-3H3. The molecule has 1 aromatic carbocycles. The molecule has 0 radical (unpaired) electrons. The van der Waals surface area contributed by atoms with Crippen molar-refractivity contribution in [3.05, 3.63) is 28.3 Å². The van der Waals surface area contributed by atoms with Crippen molar-refractivity contribution in [3.63, 3.8) is 0 Å². The summed E-state index contributed by atoms with van der Waals surface area (Å²) >= 11 is 0. The molecule has 0 N–H and O–H groups in total. The number of nitrogens with zero attached hydrogens (tertiary/aromatic N) is 3. The normalized spacial score (nSPS) is 11.2. The van der Waals surface area contributed by atoms with Crippen molar-refractivity contribution in [2.24, 2.45) is 0 Å². The molecule has 21 heavy (non-hydrogen) atoms. The smallest absolute Gasteiger partial charge is 0.293 e. The van der Waals surface area contributed by atoms with Gasteiger partial charge in [0.1, 0.15) is 5.69 Å². The van der Waals surface area contributed by atoms with Crippen LogP contribution in [0.2, 0.25) is 0 Å². The van der Waals surface area contributed by atoms with E-state index in [2.05, 4.69) is 0 Å². The molecule has 1 rings (SSSR count). The van der Waals surface area contributed by atoms with E-state index in [1.165, 1.54) is 12.1 Å². The summed E-state index contributed by atoms with van der Waals surface area (Å²) in [6, 6.07) is 5.78. The van der Waals surface area contributed by atoms with Crippen LogP contribution in [0.3, 0.4) is 0 Å². The molecule has 8 heteroatoms. The number of sulfone groups is 1. The van der Waals surface area contributed by atoms with Crippen molar-refractivity contribution in [1.82, 2.24) is 0 Å². The molecule has 0 unspecified atom stereocenters. The summed E-state index contributed by atoms with van der Waals surface area (Å²) in [5.74, 6) is 0. The highest BCUT2D eigenvalue weighted by Crippen LogP contribution is 2.32. The van der Waals surface area contributed by atoms with Crippen LogP contribution in [0.5, 0.6) is 0 Å². The molecule has 0 saturated heterocycles. The minimum atomic E-state index is -3.51. The Balaban J connectivity index is 3.41. The highest BCUT2D eigenvalue weighted by molar-refractivity contribution is 7.90. The van der Waals surface area contributed by atoms with Crippen LogP contribution in [0.4, 0.5) is 11.4 Å². The summed E-state index contributed by atoms with van der Waals surface area (Å²) < 4.78 is 23.0. The molecule has 0 bridgehead atoms. The topological polar surface area (TPSA) is 104 Å². The predicted octanol–water partition coefficient (Wildman–Crippen LogP) is 2.13. The fourth-order valence-electron chi connectivity index (χ4n) is 1.95. The van der Waals surface area contributed by atoms with Gasteiger partial charge in [-0.1, -0.05) is 0 Å². The summed E-state index contributed by atoms with van der Waals surface area (Å²) in [7, 11) is -3.51. The maximum absolute atomic E-state index is 11.5. The molecule has 0 aromatic heterocycles. The van der Waals surface area contributed by atoms with Crippen molar-refractivity contribution >= 4 is 21.2 Å². The molecule has 0 aliphatic heterocycles. The summed E-state index contributed by atoms with van der Waals surface area (Å²) in [5.41, 5.74) is 0.0437. The van der Waals surface area contributed by atoms with E-state index in [9.17, 15) is 18.5 Å². The zero-order valence-corrected chi connectivity index (χ0v) is 12.9. The van der Waals surface area contributed by atoms with Crippen LogP contribution in [0.15, 0.2) is 23.1 Å². The van der Waals surface area contributed by atoms with E-state index < -0.39 is 14.8 Å². The number of benzene rings is 1. The van der Waals surface area contributed by atoms with Crippen LogP contribution in [-0.4, -0.2) is 32.2 Å². The van der Waals surface area contributed by atoms with Gasteiger partial charge in [0, 0.05) is 24.9 Å². The zero-order chi connectivity index (χ0) is 16.2. The lowest BCUT2D eigenvalue weighted by atomic mass is 10.2. The molecule has 0 atom stereocenters. The van der Waals surface area contributed by atoms with Crippen LogP contribution in [0.25, 0.3) is 0 Å². The van der Waals surface area contributed by atoms with E-state index >= 15 is 0 Å². The second-order valence-electron chi connectivity index (χ2n) is 4.88. The highest BCUT2D eigenvalue weighted by Gasteiger charge is 2.23. The van der Waals surface area contributed by atoms with Gasteiger partial charge < -0.3 is 4.90 Å². The summed E-state index contributed by atoms with van der Waals surface area (Å²) in [6.45, 7) is 4.05. The minimum Gasteiger partial charge on any atom is -0.363 e. The summed E-state index contributed by atoms with van der Waals surface area (Å²) in [6.07, 6.45) is 1.23. The molecule has 1 aromatic rings. The van der Waals surface area contributed by atoms with E-state index in [0.717, 1.165) is 12.3 Å². The molecular weight excluding hydrogens is 294 g/mol. The first kappa shape index (κ1) is 16.9. The molecule has 7 nitrogen and oxygen atoms in total. The molecule has 114 valence electrons. The number of nitro benzene ring substituents is 1. The summed E-state index contributed by atoms with van der Waals surface area (Å²) in [5, 5.41) is 19.9. The second kappa shape index (κ2) is 6.54.